The molecule has 11 heteroatoms. The molecule has 0 bridgehead atoms. The predicted octanol–water partition coefficient (Wildman–Crippen LogP) is 5.77. The summed E-state index contributed by atoms with van der Waals surface area (Å²) in [4.78, 5) is 0. The van der Waals surface area contributed by atoms with Crippen LogP contribution in [0.5, 0.6) is 0 Å². The Balaban J connectivity index is 2.15. The van der Waals surface area contributed by atoms with E-state index in [0.717, 1.165) is 19.3 Å². The molecule has 18 atom stereocenters. The maximum absolute atomic E-state index is 11.2. The molecule has 1 aliphatic carbocycles. The zero-order valence-electron chi connectivity index (χ0n) is 35.8. The normalized spacial score (nSPS) is 36.7. The summed E-state index contributed by atoms with van der Waals surface area (Å²) in [5.74, 6) is -0.950. The highest BCUT2D eigenvalue weighted by Crippen LogP contribution is 2.61. The topological polar surface area (TPSA) is 190 Å². The van der Waals surface area contributed by atoms with Gasteiger partial charge in [-0.15, -0.1) is 0 Å². The Morgan fingerprint density at radius 1 is 0.527 bits per heavy atom. The van der Waals surface area contributed by atoms with Crippen molar-refractivity contribution in [2.75, 3.05) is 0 Å². The summed E-state index contributed by atoms with van der Waals surface area (Å²) in [5, 5.41) is 84.2. The fourth-order valence-electron chi connectivity index (χ4n) is 10.6. The van der Waals surface area contributed by atoms with Crippen molar-refractivity contribution < 1.29 is 55.1 Å². The van der Waals surface area contributed by atoms with Gasteiger partial charge in [0.15, 0.2) is 5.79 Å². The molecule has 0 aromatic rings. The summed E-state index contributed by atoms with van der Waals surface area (Å²) in [7, 11) is 0. The van der Waals surface area contributed by atoms with Crippen molar-refractivity contribution in [1.29, 1.82) is 0 Å². The molecule has 11 nitrogen and oxygen atoms in total. The molecule has 1 saturated carbocycles. The highest BCUT2D eigenvalue weighted by Gasteiger charge is 2.67. The van der Waals surface area contributed by atoms with Gasteiger partial charge in [0, 0.05) is 18.8 Å². The molecule has 0 radical (unpaired) electrons. The lowest BCUT2D eigenvalue weighted by Crippen LogP contribution is -2.71. The molecule has 8 N–H and O–H groups in total. The highest BCUT2D eigenvalue weighted by molar-refractivity contribution is 5.14. The average Bonchev–Trinajstić information content (AvgIpc) is 3.32. The van der Waals surface area contributed by atoms with Gasteiger partial charge in [-0.25, -0.2) is 0 Å². The second-order valence-corrected chi connectivity index (χ2v) is 18.9. The van der Waals surface area contributed by atoms with Crippen LogP contribution in [-0.2, 0) is 14.2 Å². The van der Waals surface area contributed by atoms with E-state index in [1.54, 1.807) is 41.5 Å². The first kappa shape index (κ1) is 48.9. The molecule has 2 saturated heterocycles. The summed E-state index contributed by atoms with van der Waals surface area (Å²) in [6.07, 6.45) is 6.42. The molecule has 2 heterocycles. The van der Waals surface area contributed by atoms with Crippen molar-refractivity contribution in [3.8, 4) is 0 Å². The number of rotatable bonds is 27. The van der Waals surface area contributed by atoms with Crippen LogP contribution in [0.15, 0.2) is 0 Å². The lowest BCUT2D eigenvalue weighted by Gasteiger charge is -2.64. The fourth-order valence-corrected chi connectivity index (χ4v) is 10.6. The fraction of sp³-hybridized carbons (Fsp3) is 1.00. The highest BCUT2D eigenvalue weighted by atomic mass is 16.7. The molecule has 0 aromatic heterocycles. The van der Waals surface area contributed by atoms with Gasteiger partial charge in [0.05, 0.1) is 67.1 Å². The molecule has 326 valence electrons. The third-order valence-electron chi connectivity index (χ3n) is 13.0. The smallest absolute Gasteiger partial charge is 0.172 e. The molecule has 0 aromatic carbocycles. The van der Waals surface area contributed by atoms with Crippen LogP contribution in [0.1, 0.15) is 171 Å². The van der Waals surface area contributed by atoms with Gasteiger partial charge in [0.25, 0.3) is 0 Å². The molecule has 3 rings (SSSR count). The third-order valence-corrected chi connectivity index (χ3v) is 13.0. The largest absolute Gasteiger partial charge is 0.393 e. The molecule has 0 spiro atoms. The molecule has 18 unspecified atom stereocenters. The predicted molar refractivity (Wildman–Crippen MR) is 214 cm³/mol. The number of fused-ring (bicyclic) bond motifs is 1. The summed E-state index contributed by atoms with van der Waals surface area (Å²) >= 11 is 0. The van der Waals surface area contributed by atoms with Crippen LogP contribution in [0.2, 0.25) is 0 Å². The second-order valence-electron chi connectivity index (χ2n) is 18.9. The zero-order valence-corrected chi connectivity index (χ0v) is 35.8. The van der Waals surface area contributed by atoms with E-state index >= 15 is 0 Å². The Bertz CT molecular complexity index is 1050. The number of ether oxygens (including phenoxy) is 3. The van der Waals surface area contributed by atoms with Gasteiger partial charge in [0.1, 0.15) is 5.60 Å². The lowest BCUT2D eigenvalue weighted by molar-refractivity contribution is -0.382. The Morgan fingerprint density at radius 2 is 1.02 bits per heavy atom. The van der Waals surface area contributed by atoms with Crippen molar-refractivity contribution in [2.24, 2.45) is 29.6 Å². The Kier molecular flexibility index (Phi) is 20.3. The average molecular weight is 789 g/mol. The number of hydrogen-bond donors (Lipinski definition) is 8. The van der Waals surface area contributed by atoms with Crippen molar-refractivity contribution in [1.82, 2.24) is 0 Å². The van der Waals surface area contributed by atoms with Gasteiger partial charge in [0.2, 0.25) is 0 Å². The SMILES string of the molecule is CC(O)CCCC1OC2C(CC2(CC(C)O)OC2(CCCC(C)O)OC(CCCC(C)O)C(CCC(C)O)C2CCC(C)O)C(CCC(C)O)C1CC(C)O. The standard InChI is InChI=1S/C44H84O11/c1-27(45)12-9-15-40-37(24-33(7)51)35(20-17-30(4)48)38-26-43(25-34(8)52,42(38)53-40)55-44(23-11-14-29(3)47)39(22-19-32(6)50)36(21-18-31(5)49)41(54-44)16-10-13-28(2)46/h27-42,45-52H,9-26H2,1-8H3. The van der Waals surface area contributed by atoms with Gasteiger partial charge in [-0.3, -0.25) is 0 Å². The molecule has 0 amide bonds. The van der Waals surface area contributed by atoms with E-state index in [-0.39, 0.29) is 47.9 Å². The van der Waals surface area contributed by atoms with Crippen LogP contribution < -0.4 is 0 Å². The first-order chi connectivity index (χ1) is 25.8. The third kappa shape index (κ3) is 14.7. The minimum absolute atomic E-state index is 0.0167. The second kappa shape index (κ2) is 22.8. The van der Waals surface area contributed by atoms with Crippen LogP contribution in [0.4, 0.5) is 0 Å². The maximum Gasteiger partial charge on any atom is 0.172 e. The number of aliphatic hydroxyl groups excluding tert-OH is 8. The summed E-state index contributed by atoms with van der Waals surface area (Å²) in [6.45, 7) is 14.4. The van der Waals surface area contributed by atoms with Gasteiger partial charge < -0.3 is 55.1 Å². The summed E-state index contributed by atoms with van der Waals surface area (Å²) < 4.78 is 22.2. The lowest BCUT2D eigenvalue weighted by atomic mass is 9.54. The van der Waals surface area contributed by atoms with Crippen molar-refractivity contribution >= 4 is 0 Å². The molecule has 3 aliphatic rings. The molecule has 55 heavy (non-hydrogen) atoms. The monoisotopic (exact) mass is 789 g/mol. The van der Waals surface area contributed by atoms with Gasteiger partial charge in [-0.2, -0.15) is 0 Å². The summed E-state index contributed by atoms with van der Waals surface area (Å²) in [5.41, 5.74) is -0.905. The van der Waals surface area contributed by atoms with Crippen LogP contribution in [-0.4, -0.2) is 119 Å². The van der Waals surface area contributed by atoms with Gasteiger partial charge in [-0.1, -0.05) is 0 Å². The quantitative estimate of drug-likeness (QED) is 0.0505. The van der Waals surface area contributed by atoms with Crippen LogP contribution in [0, 0.1) is 29.6 Å². The molecule has 2 aliphatic heterocycles. The number of aliphatic hydroxyl groups is 8. The van der Waals surface area contributed by atoms with E-state index in [4.69, 9.17) is 14.2 Å². The minimum Gasteiger partial charge on any atom is -0.393 e. The summed E-state index contributed by atoms with van der Waals surface area (Å²) in [6, 6.07) is 0. The Labute approximate surface area is 333 Å². The Hall–Kier alpha value is -0.440. The zero-order chi connectivity index (χ0) is 41.1. The molecule has 3 fully saturated rings. The van der Waals surface area contributed by atoms with E-state index in [2.05, 4.69) is 0 Å². The molecular weight excluding hydrogens is 704 g/mol. The Morgan fingerprint density at radius 3 is 1.53 bits per heavy atom. The van der Waals surface area contributed by atoms with E-state index < -0.39 is 60.2 Å². The maximum atomic E-state index is 11.2. The van der Waals surface area contributed by atoms with E-state index in [1.165, 1.54) is 0 Å². The molecular formula is C44H84O11. The van der Waals surface area contributed by atoms with E-state index in [0.29, 0.717) is 96.3 Å². The van der Waals surface area contributed by atoms with E-state index in [1.807, 2.05) is 13.8 Å². The van der Waals surface area contributed by atoms with Gasteiger partial charge >= 0.3 is 0 Å². The van der Waals surface area contributed by atoms with Crippen LogP contribution in [0.25, 0.3) is 0 Å². The van der Waals surface area contributed by atoms with Crippen molar-refractivity contribution in [3.63, 3.8) is 0 Å². The number of hydrogen-bond acceptors (Lipinski definition) is 11. The first-order valence-corrected chi connectivity index (χ1v) is 22.3. The van der Waals surface area contributed by atoms with Crippen LogP contribution in [0.3, 0.4) is 0 Å². The first-order valence-electron chi connectivity index (χ1n) is 22.3. The van der Waals surface area contributed by atoms with Crippen molar-refractivity contribution in [2.45, 2.75) is 249 Å². The van der Waals surface area contributed by atoms with Crippen LogP contribution >= 0.6 is 0 Å². The van der Waals surface area contributed by atoms with Crippen molar-refractivity contribution in [3.05, 3.63) is 0 Å². The minimum atomic E-state index is -1.11. The van der Waals surface area contributed by atoms with E-state index in [9.17, 15) is 40.9 Å². The van der Waals surface area contributed by atoms with Gasteiger partial charge in [-0.05, 0) is 182 Å².